The molecule has 0 amide bonds. The summed E-state index contributed by atoms with van der Waals surface area (Å²) in [4.78, 5) is 13.0. The lowest BCUT2D eigenvalue weighted by molar-refractivity contribution is -0.140. The molecule has 1 atom stereocenters. The zero-order valence-electron chi connectivity index (χ0n) is 17.4. The fraction of sp³-hybridized carbons (Fsp3) is 0.304. The summed E-state index contributed by atoms with van der Waals surface area (Å²) in [5.41, 5.74) is 2.89. The maximum atomic E-state index is 13.0. The highest BCUT2D eigenvalue weighted by molar-refractivity contribution is 7.80. The van der Waals surface area contributed by atoms with Gasteiger partial charge in [0.1, 0.15) is 6.61 Å². The zero-order valence-corrected chi connectivity index (χ0v) is 18.2. The highest BCUT2D eigenvalue weighted by Gasteiger charge is 2.31. The SMILES string of the molecule is CCOc1ccc([C@@H]2NC(=S)NC(C)=C2C(=O)OCc2ccccc2)cc1OCC. The van der Waals surface area contributed by atoms with Crippen LogP contribution in [0, 0.1) is 0 Å². The average molecular weight is 427 g/mol. The lowest BCUT2D eigenvalue weighted by atomic mass is 9.95. The molecule has 1 heterocycles. The average Bonchev–Trinajstić information content (AvgIpc) is 2.74. The molecule has 2 aromatic rings. The number of hydrogen-bond acceptors (Lipinski definition) is 5. The van der Waals surface area contributed by atoms with Crippen LogP contribution in [-0.4, -0.2) is 24.3 Å². The van der Waals surface area contributed by atoms with E-state index in [9.17, 15) is 4.79 Å². The van der Waals surface area contributed by atoms with Gasteiger partial charge in [0.2, 0.25) is 0 Å². The van der Waals surface area contributed by atoms with Crippen LogP contribution in [0.2, 0.25) is 0 Å². The Morgan fingerprint density at radius 3 is 2.43 bits per heavy atom. The standard InChI is InChI=1S/C23H26N2O4S/c1-4-27-18-12-11-17(13-19(18)28-5-2)21-20(15(3)24-23(30)25-21)22(26)29-14-16-9-7-6-8-10-16/h6-13,21H,4-5,14H2,1-3H3,(H2,24,25,30)/t21-/m0/s1. The van der Waals surface area contributed by atoms with Crippen molar-refractivity contribution in [2.45, 2.75) is 33.4 Å². The number of ether oxygens (including phenoxy) is 3. The summed E-state index contributed by atoms with van der Waals surface area (Å²) in [5, 5.41) is 6.65. The Bertz CT molecular complexity index is 943. The Morgan fingerprint density at radius 1 is 1.03 bits per heavy atom. The van der Waals surface area contributed by atoms with Gasteiger partial charge in [-0.25, -0.2) is 4.79 Å². The zero-order chi connectivity index (χ0) is 21.5. The lowest BCUT2D eigenvalue weighted by Crippen LogP contribution is -2.45. The van der Waals surface area contributed by atoms with E-state index in [4.69, 9.17) is 26.4 Å². The second kappa shape index (κ2) is 10.1. The molecule has 0 saturated carbocycles. The first kappa shape index (κ1) is 21.6. The molecule has 30 heavy (non-hydrogen) atoms. The minimum Gasteiger partial charge on any atom is -0.490 e. The van der Waals surface area contributed by atoms with Crippen LogP contribution in [0.25, 0.3) is 0 Å². The van der Waals surface area contributed by atoms with Crippen LogP contribution in [0.4, 0.5) is 0 Å². The van der Waals surface area contributed by atoms with Gasteiger partial charge in [0.05, 0.1) is 24.8 Å². The number of carbonyl (C=O) groups excluding carboxylic acids is 1. The van der Waals surface area contributed by atoms with Crippen molar-refractivity contribution in [1.82, 2.24) is 10.6 Å². The van der Waals surface area contributed by atoms with E-state index < -0.39 is 12.0 Å². The van der Waals surface area contributed by atoms with Gasteiger partial charge in [0.25, 0.3) is 0 Å². The molecule has 6 nitrogen and oxygen atoms in total. The Morgan fingerprint density at radius 2 is 1.73 bits per heavy atom. The normalized spacial score (nSPS) is 15.8. The quantitative estimate of drug-likeness (QED) is 0.488. The number of hydrogen-bond donors (Lipinski definition) is 2. The third-order valence-electron chi connectivity index (χ3n) is 4.60. The topological polar surface area (TPSA) is 68.8 Å². The summed E-state index contributed by atoms with van der Waals surface area (Å²) in [5.74, 6) is 0.877. The second-order valence-corrected chi connectivity index (χ2v) is 7.11. The maximum absolute atomic E-state index is 13.0. The van der Waals surface area contributed by atoms with Gasteiger partial charge in [-0.3, -0.25) is 0 Å². The van der Waals surface area contributed by atoms with Gasteiger partial charge >= 0.3 is 5.97 Å². The fourth-order valence-corrected chi connectivity index (χ4v) is 3.53. The second-order valence-electron chi connectivity index (χ2n) is 6.70. The van der Waals surface area contributed by atoms with Crippen LogP contribution < -0.4 is 20.1 Å². The van der Waals surface area contributed by atoms with Gasteiger partial charge in [-0.2, -0.15) is 0 Å². The first-order valence-corrected chi connectivity index (χ1v) is 10.3. The molecule has 0 radical (unpaired) electrons. The molecule has 1 aliphatic heterocycles. The molecule has 0 unspecified atom stereocenters. The highest BCUT2D eigenvalue weighted by Crippen LogP contribution is 2.35. The molecule has 2 N–H and O–H groups in total. The third-order valence-corrected chi connectivity index (χ3v) is 4.82. The lowest BCUT2D eigenvalue weighted by Gasteiger charge is -2.30. The summed E-state index contributed by atoms with van der Waals surface area (Å²) < 4.78 is 17.0. The minimum absolute atomic E-state index is 0.196. The number of esters is 1. The smallest absolute Gasteiger partial charge is 0.338 e. The molecule has 1 aliphatic rings. The highest BCUT2D eigenvalue weighted by atomic mass is 32.1. The van der Waals surface area contributed by atoms with Gasteiger partial charge in [0.15, 0.2) is 16.6 Å². The Kier molecular flexibility index (Phi) is 7.30. The van der Waals surface area contributed by atoms with E-state index in [1.165, 1.54) is 0 Å². The molecule has 2 aromatic carbocycles. The first-order chi connectivity index (χ1) is 14.5. The van der Waals surface area contributed by atoms with Gasteiger partial charge in [-0.05, 0) is 56.2 Å². The Balaban J connectivity index is 1.89. The predicted octanol–water partition coefficient (Wildman–Crippen LogP) is 4.02. The molecular weight excluding hydrogens is 400 g/mol. The van der Waals surface area contributed by atoms with Crippen LogP contribution in [0.1, 0.15) is 37.9 Å². The first-order valence-electron chi connectivity index (χ1n) is 9.92. The Hall–Kier alpha value is -3.06. The molecule has 158 valence electrons. The van der Waals surface area contributed by atoms with Crippen molar-refractivity contribution in [3.05, 3.63) is 70.9 Å². The predicted molar refractivity (Wildman–Crippen MR) is 119 cm³/mol. The van der Waals surface area contributed by atoms with E-state index in [0.717, 1.165) is 11.1 Å². The fourth-order valence-electron chi connectivity index (χ4n) is 3.26. The summed E-state index contributed by atoms with van der Waals surface area (Å²) in [6.07, 6.45) is 0. The molecule has 0 aliphatic carbocycles. The molecule has 0 fully saturated rings. The largest absolute Gasteiger partial charge is 0.490 e. The van der Waals surface area contributed by atoms with Crippen LogP contribution in [0.5, 0.6) is 11.5 Å². The van der Waals surface area contributed by atoms with E-state index in [1.807, 2.05) is 69.3 Å². The van der Waals surface area contributed by atoms with E-state index >= 15 is 0 Å². The van der Waals surface area contributed by atoms with Crippen LogP contribution in [0.15, 0.2) is 59.8 Å². The Labute approximate surface area is 182 Å². The molecule has 7 heteroatoms. The van der Waals surface area contributed by atoms with Gasteiger partial charge in [-0.15, -0.1) is 0 Å². The van der Waals surface area contributed by atoms with Crippen molar-refractivity contribution in [1.29, 1.82) is 0 Å². The number of allylic oxidation sites excluding steroid dienone is 1. The van der Waals surface area contributed by atoms with Gasteiger partial charge in [0, 0.05) is 5.70 Å². The summed E-state index contributed by atoms with van der Waals surface area (Å²) in [6.45, 7) is 6.88. The minimum atomic E-state index is -0.461. The monoisotopic (exact) mass is 426 g/mol. The van der Waals surface area contributed by atoms with E-state index in [-0.39, 0.29) is 6.61 Å². The van der Waals surface area contributed by atoms with E-state index in [1.54, 1.807) is 0 Å². The van der Waals surface area contributed by atoms with Crippen LogP contribution in [0.3, 0.4) is 0 Å². The van der Waals surface area contributed by atoms with Crippen molar-refractivity contribution in [3.8, 4) is 11.5 Å². The van der Waals surface area contributed by atoms with Crippen molar-refractivity contribution in [2.75, 3.05) is 13.2 Å². The van der Waals surface area contributed by atoms with Crippen molar-refractivity contribution >= 4 is 23.3 Å². The molecule has 3 rings (SSSR count). The molecule has 0 saturated heterocycles. The van der Waals surface area contributed by atoms with Crippen molar-refractivity contribution < 1.29 is 19.0 Å². The van der Waals surface area contributed by atoms with Crippen molar-refractivity contribution in [3.63, 3.8) is 0 Å². The van der Waals surface area contributed by atoms with Gasteiger partial charge < -0.3 is 24.8 Å². The summed E-state index contributed by atoms with van der Waals surface area (Å²) >= 11 is 5.33. The number of benzene rings is 2. The van der Waals surface area contributed by atoms with E-state index in [0.29, 0.717) is 41.1 Å². The van der Waals surface area contributed by atoms with Gasteiger partial charge in [-0.1, -0.05) is 36.4 Å². The van der Waals surface area contributed by atoms with Crippen LogP contribution >= 0.6 is 12.2 Å². The number of thiocarbonyl (C=S) groups is 1. The molecule has 0 aromatic heterocycles. The summed E-state index contributed by atoms with van der Waals surface area (Å²) in [7, 11) is 0. The molecule has 0 bridgehead atoms. The van der Waals surface area contributed by atoms with Crippen LogP contribution in [-0.2, 0) is 16.1 Å². The number of nitrogens with one attached hydrogen (secondary N) is 2. The molecule has 0 spiro atoms. The maximum Gasteiger partial charge on any atom is 0.338 e. The van der Waals surface area contributed by atoms with E-state index in [2.05, 4.69) is 10.6 Å². The number of carbonyl (C=O) groups is 1. The third kappa shape index (κ3) is 5.10. The molecular formula is C23H26N2O4S. The van der Waals surface area contributed by atoms with Crippen molar-refractivity contribution in [2.24, 2.45) is 0 Å². The summed E-state index contributed by atoms with van der Waals surface area (Å²) in [6, 6.07) is 14.7. The number of rotatable bonds is 8.